The summed E-state index contributed by atoms with van der Waals surface area (Å²) in [4.78, 5) is 15.5. The molecule has 0 radical (unpaired) electrons. The highest BCUT2D eigenvalue weighted by Gasteiger charge is 2.33. The van der Waals surface area contributed by atoms with E-state index >= 15 is 0 Å². The van der Waals surface area contributed by atoms with Crippen LogP contribution in [0.3, 0.4) is 0 Å². The summed E-state index contributed by atoms with van der Waals surface area (Å²) in [5.41, 5.74) is 1.43. The molecule has 1 atom stereocenters. The van der Waals surface area contributed by atoms with E-state index in [1.54, 1.807) is 22.9 Å². The standard InChI is InChI=1S/C14H21ClN2O3/c1-14(2,3)20-13(19)17-6-5-11-9(8-17)10(15)7-12(18)16(11)4/h7,10,18H,5-6,8H2,1-4H3. The van der Waals surface area contributed by atoms with Gasteiger partial charge in [-0.25, -0.2) is 4.79 Å². The quantitative estimate of drug-likeness (QED) is 0.699. The zero-order valence-electron chi connectivity index (χ0n) is 12.3. The second-order valence-electron chi connectivity index (χ2n) is 6.11. The van der Waals surface area contributed by atoms with Gasteiger partial charge in [-0.05, 0) is 32.4 Å². The molecule has 2 rings (SSSR count). The number of nitrogens with zero attached hydrogens (tertiary/aromatic N) is 2. The largest absolute Gasteiger partial charge is 0.495 e. The van der Waals surface area contributed by atoms with Crippen molar-refractivity contribution in [3.63, 3.8) is 0 Å². The van der Waals surface area contributed by atoms with Crippen LogP contribution in [0.1, 0.15) is 27.2 Å². The molecule has 0 saturated heterocycles. The maximum atomic E-state index is 12.1. The Kier molecular flexibility index (Phi) is 3.91. The molecule has 0 fully saturated rings. The molecule has 2 heterocycles. The van der Waals surface area contributed by atoms with E-state index < -0.39 is 5.60 Å². The first-order chi connectivity index (χ1) is 9.19. The summed E-state index contributed by atoms with van der Waals surface area (Å²) in [6.07, 6.45) is 1.92. The number of alkyl halides is 1. The fourth-order valence-corrected chi connectivity index (χ4v) is 2.68. The summed E-state index contributed by atoms with van der Waals surface area (Å²) in [5, 5.41) is 9.40. The maximum absolute atomic E-state index is 12.1. The van der Waals surface area contributed by atoms with E-state index in [1.807, 2.05) is 20.8 Å². The Morgan fingerprint density at radius 2 is 2.15 bits per heavy atom. The molecule has 0 spiro atoms. The summed E-state index contributed by atoms with van der Waals surface area (Å²) >= 11 is 6.25. The Hall–Kier alpha value is -1.36. The number of hydrogen-bond donors (Lipinski definition) is 1. The van der Waals surface area contributed by atoms with E-state index in [4.69, 9.17) is 16.3 Å². The van der Waals surface area contributed by atoms with Crippen LogP contribution in [-0.4, -0.2) is 52.1 Å². The van der Waals surface area contributed by atoms with Crippen molar-refractivity contribution in [2.45, 2.75) is 38.2 Å². The number of carbonyl (C=O) groups is 1. The summed E-state index contributed by atoms with van der Waals surface area (Å²) in [5.74, 6) is 0.162. The number of aliphatic hydroxyl groups excluding tert-OH is 1. The van der Waals surface area contributed by atoms with Crippen molar-refractivity contribution in [1.29, 1.82) is 0 Å². The van der Waals surface area contributed by atoms with Crippen LogP contribution >= 0.6 is 11.6 Å². The average Bonchev–Trinajstić information content (AvgIpc) is 2.33. The second kappa shape index (κ2) is 5.20. The number of amides is 1. The van der Waals surface area contributed by atoms with Gasteiger partial charge in [-0.1, -0.05) is 0 Å². The first kappa shape index (κ1) is 15.0. The lowest BCUT2D eigenvalue weighted by Gasteiger charge is -2.38. The minimum Gasteiger partial charge on any atom is -0.495 e. The van der Waals surface area contributed by atoms with Crippen molar-refractivity contribution in [1.82, 2.24) is 9.80 Å². The van der Waals surface area contributed by atoms with Crippen LogP contribution in [0.5, 0.6) is 0 Å². The molecule has 0 aromatic carbocycles. The number of aliphatic hydroxyl groups is 1. The van der Waals surface area contributed by atoms with Gasteiger partial charge in [-0.2, -0.15) is 0 Å². The Morgan fingerprint density at radius 1 is 1.50 bits per heavy atom. The van der Waals surface area contributed by atoms with Gasteiger partial charge in [0.1, 0.15) is 5.60 Å². The molecule has 0 saturated carbocycles. The highest BCUT2D eigenvalue weighted by atomic mass is 35.5. The molecule has 2 aliphatic rings. The number of hydrogen-bond acceptors (Lipinski definition) is 4. The third-order valence-electron chi connectivity index (χ3n) is 3.38. The topological polar surface area (TPSA) is 53.0 Å². The minimum atomic E-state index is -0.506. The van der Waals surface area contributed by atoms with Crippen molar-refractivity contribution >= 4 is 17.7 Å². The molecule has 20 heavy (non-hydrogen) atoms. The number of carbonyl (C=O) groups excluding carboxylic acids is 1. The normalized spacial score (nSPS) is 23.4. The summed E-state index contributed by atoms with van der Waals surface area (Å²) in [6.45, 7) is 6.54. The molecule has 6 heteroatoms. The Bertz CT molecular complexity index is 479. The summed E-state index contributed by atoms with van der Waals surface area (Å²) in [6, 6.07) is 0. The van der Waals surface area contributed by atoms with E-state index in [1.165, 1.54) is 0 Å². The lowest BCUT2D eigenvalue weighted by Crippen LogP contribution is -2.44. The van der Waals surface area contributed by atoms with Crippen LogP contribution in [0.15, 0.2) is 23.2 Å². The zero-order valence-corrected chi connectivity index (χ0v) is 13.1. The maximum Gasteiger partial charge on any atom is 0.410 e. The predicted molar refractivity (Wildman–Crippen MR) is 77.6 cm³/mol. The summed E-state index contributed by atoms with van der Waals surface area (Å²) in [7, 11) is 1.80. The van der Waals surface area contributed by atoms with Crippen molar-refractivity contribution in [3.05, 3.63) is 23.2 Å². The molecule has 0 bridgehead atoms. The lowest BCUT2D eigenvalue weighted by molar-refractivity contribution is 0.0251. The van der Waals surface area contributed by atoms with Crippen LogP contribution in [0.4, 0.5) is 4.79 Å². The monoisotopic (exact) mass is 300 g/mol. The van der Waals surface area contributed by atoms with E-state index in [9.17, 15) is 9.90 Å². The van der Waals surface area contributed by atoms with Crippen LogP contribution < -0.4 is 0 Å². The first-order valence-electron chi connectivity index (χ1n) is 6.67. The van der Waals surface area contributed by atoms with Gasteiger partial charge in [0.15, 0.2) is 5.88 Å². The number of ether oxygens (including phenoxy) is 1. The fraction of sp³-hybridized carbons (Fsp3) is 0.643. The van der Waals surface area contributed by atoms with E-state index in [0.29, 0.717) is 19.5 Å². The molecular formula is C14H21ClN2O3. The zero-order chi connectivity index (χ0) is 15.1. The third kappa shape index (κ3) is 3.03. The van der Waals surface area contributed by atoms with Crippen LogP contribution in [-0.2, 0) is 4.74 Å². The van der Waals surface area contributed by atoms with E-state index in [0.717, 1.165) is 11.3 Å². The van der Waals surface area contributed by atoms with Crippen molar-refractivity contribution < 1.29 is 14.6 Å². The molecule has 5 nitrogen and oxygen atoms in total. The lowest BCUT2D eigenvalue weighted by atomic mass is 9.99. The van der Waals surface area contributed by atoms with Gasteiger partial charge in [-0.15, -0.1) is 11.6 Å². The molecule has 112 valence electrons. The Labute approximate surface area is 124 Å². The van der Waals surface area contributed by atoms with Gasteiger partial charge in [0.2, 0.25) is 0 Å². The first-order valence-corrected chi connectivity index (χ1v) is 7.11. The van der Waals surface area contributed by atoms with Crippen LogP contribution in [0, 0.1) is 0 Å². The second-order valence-corrected chi connectivity index (χ2v) is 6.58. The third-order valence-corrected chi connectivity index (χ3v) is 3.77. The molecular weight excluding hydrogens is 280 g/mol. The van der Waals surface area contributed by atoms with Crippen molar-refractivity contribution in [2.24, 2.45) is 0 Å². The van der Waals surface area contributed by atoms with Crippen LogP contribution in [0.25, 0.3) is 0 Å². The highest BCUT2D eigenvalue weighted by Crippen LogP contribution is 2.32. The number of halogens is 1. The minimum absolute atomic E-state index is 0.162. The van der Waals surface area contributed by atoms with Crippen LogP contribution in [0.2, 0.25) is 0 Å². The molecule has 1 amide bonds. The highest BCUT2D eigenvalue weighted by molar-refractivity contribution is 6.23. The molecule has 0 aromatic rings. The summed E-state index contributed by atoms with van der Waals surface area (Å²) < 4.78 is 5.38. The number of allylic oxidation sites excluding steroid dienone is 1. The Balaban J connectivity index is 2.12. The van der Waals surface area contributed by atoms with E-state index in [-0.39, 0.29) is 17.4 Å². The van der Waals surface area contributed by atoms with Gasteiger partial charge in [0.05, 0.1) is 5.38 Å². The molecule has 2 aliphatic heterocycles. The van der Waals surface area contributed by atoms with E-state index in [2.05, 4.69) is 0 Å². The van der Waals surface area contributed by atoms with Gasteiger partial charge >= 0.3 is 6.09 Å². The molecule has 0 aliphatic carbocycles. The van der Waals surface area contributed by atoms with Gasteiger partial charge in [-0.3, -0.25) is 0 Å². The van der Waals surface area contributed by atoms with Crippen molar-refractivity contribution in [2.75, 3.05) is 20.1 Å². The smallest absolute Gasteiger partial charge is 0.410 e. The van der Waals surface area contributed by atoms with Gasteiger partial charge in [0, 0.05) is 32.3 Å². The average molecular weight is 301 g/mol. The molecule has 0 aromatic heterocycles. The number of rotatable bonds is 0. The molecule has 1 N–H and O–H groups in total. The SMILES string of the molecule is CN1C(O)=CC(Cl)C2=C1CCN(C(=O)OC(C)(C)C)C2. The fourth-order valence-electron chi connectivity index (χ4n) is 2.37. The van der Waals surface area contributed by atoms with Gasteiger partial charge in [0.25, 0.3) is 0 Å². The van der Waals surface area contributed by atoms with Crippen molar-refractivity contribution in [3.8, 4) is 0 Å². The predicted octanol–water partition coefficient (Wildman–Crippen LogP) is 2.83. The van der Waals surface area contributed by atoms with Gasteiger partial charge < -0.3 is 19.6 Å². The Morgan fingerprint density at radius 3 is 2.75 bits per heavy atom. The molecule has 1 unspecified atom stereocenters.